The molecule has 0 atom stereocenters. The highest BCUT2D eigenvalue weighted by molar-refractivity contribution is 5.31. The molecule has 0 unspecified atom stereocenters. The Morgan fingerprint density at radius 1 is 1.20 bits per heavy atom. The van der Waals surface area contributed by atoms with Gasteiger partial charge in [0.15, 0.2) is 0 Å². The second-order valence-electron chi connectivity index (χ2n) is 4.28. The summed E-state index contributed by atoms with van der Waals surface area (Å²) in [5.41, 5.74) is 1.35. The van der Waals surface area contributed by atoms with Gasteiger partial charge < -0.3 is 9.84 Å². The maximum atomic E-state index is 9.45. The smallest absolute Gasteiger partial charge is 0.119 e. The highest BCUT2D eigenvalue weighted by Gasteiger charge is 2.20. The predicted molar refractivity (Wildman–Crippen MR) is 60.2 cm³/mol. The van der Waals surface area contributed by atoms with Crippen LogP contribution >= 0.6 is 0 Å². The molecule has 1 aromatic rings. The van der Waals surface area contributed by atoms with Crippen molar-refractivity contribution in [2.24, 2.45) is 0 Å². The van der Waals surface area contributed by atoms with Crippen LogP contribution in [-0.2, 0) is 0 Å². The number of hydrogen-bond donors (Lipinski definition) is 1. The monoisotopic (exact) mass is 206 g/mol. The van der Waals surface area contributed by atoms with Gasteiger partial charge in [0.25, 0.3) is 0 Å². The molecule has 1 aliphatic carbocycles. The van der Waals surface area contributed by atoms with Gasteiger partial charge in [-0.1, -0.05) is 12.1 Å². The van der Waals surface area contributed by atoms with Crippen molar-refractivity contribution in [2.45, 2.75) is 37.7 Å². The first-order valence-electron chi connectivity index (χ1n) is 5.61. The molecule has 2 rings (SSSR count). The Kier molecular flexibility index (Phi) is 3.27. The van der Waals surface area contributed by atoms with Gasteiger partial charge in [0.2, 0.25) is 0 Å². The zero-order valence-corrected chi connectivity index (χ0v) is 9.15. The molecule has 0 aromatic heterocycles. The zero-order valence-electron chi connectivity index (χ0n) is 9.15. The summed E-state index contributed by atoms with van der Waals surface area (Å²) in [6, 6.07) is 8.29. The van der Waals surface area contributed by atoms with Crippen LogP contribution < -0.4 is 4.74 Å². The second kappa shape index (κ2) is 4.67. The number of aliphatic hydroxyl groups is 1. The van der Waals surface area contributed by atoms with Gasteiger partial charge in [0.05, 0.1) is 13.2 Å². The molecule has 1 N–H and O–H groups in total. The minimum atomic E-state index is -0.0770. The van der Waals surface area contributed by atoms with Crippen molar-refractivity contribution in [3.05, 3.63) is 29.8 Å². The van der Waals surface area contributed by atoms with Gasteiger partial charge in [0.1, 0.15) is 5.75 Å². The SMILES string of the molecule is COc1cccc(C2CCC(O)CC2)c1. The number of aliphatic hydroxyl groups excluding tert-OH is 1. The number of rotatable bonds is 2. The van der Waals surface area contributed by atoms with E-state index in [4.69, 9.17) is 4.74 Å². The number of benzene rings is 1. The van der Waals surface area contributed by atoms with Crippen LogP contribution in [0.1, 0.15) is 37.2 Å². The van der Waals surface area contributed by atoms with Crippen molar-refractivity contribution in [1.82, 2.24) is 0 Å². The summed E-state index contributed by atoms with van der Waals surface area (Å²) in [5, 5.41) is 9.45. The van der Waals surface area contributed by atoms with Gasteiger partial charge >= 0.3 is 0 Å². The molecule has 2 nitrogen and oxygen atoms in total. The molecule has 0 spiro atoms. The van der Waals surface area contributed by atoms with Crippen LogP contribution in [-0.4, -0.2) is 18.3 Å². The van der Waals surface area contributed by atoms with Crippen LogP contribution in [0, 0.1) is 0 Å². The Labute approximate surface area is 90.9 Å². The van der Waals surface area contributed by atoms with Crippen molar-refractivity contribution >= 4 is 0 Å². The van der Waals surface area contributed by atoms with E-state index in [0.717, 1.165) is 31.4 Å². The summed E-state index contributed by atoms with van der Waals surface area (Å²) in [4.78, 5) is 0. The first kappa shape index (κ1) is 10.5. The second-order valence-corrected chi connectivity index (χ2v) is 4.28. The largest absolute Gasteiger partial charge is 0.497 e. The molecule has 82 valence electrons. The molecular formula is C13H18O2. The summed E-state index contributed by atoms with van der Waals surface area (Å²) in [5.74, 6) is 1.53. The average molecular weight is 206 g/mol. The van der Waals surface area contributed by atoms with Gasteiger partial charge in [-0.2, -0.15) is 0 Å². The maximum absolute atomic E-state index is 9.45. The predicted octanol–water partition coefficient (Wildman–Crippen LogP) is 2.71. The van der Waals surface area contributed by atoms with Crippen LogP contribution in [0.5, 0.6) is 5.75 Å². The molecule has 1 saturated carbocycles. The van der Waals surface area contributed by atoms with E-state index in [0.29, 0.717) is 5.92 Å². The molecule has 1 aliphatic rings. The molecule has 0 radical (unpaired) electrons. The lowest BCUT2D eigenvalue weighted by molar-refractivity contribution is 0.122. The van der Waals surface area contributed by atoms with Gasteiger partial charge in [-0.25, -0.2) is 0 Å². The molecule has 1 fully saturated rings. The lowest BCUT2D eigenvalue weighted by Gasteiger charge is -2.25. The summed E-state index contributed by atoms with van der Waals surface area (Å²) < 4.78 is 5.22. The maximum Gasteiger partial charge on any atom is 0.119 e. The van der Waals surface area contributed by atoms with Crippen molar-refractivity contribution in [3.63, 3.8) is 0 Å². The van der Waals surface area contributed by atoms with Gasteiger partial charge in [-0.3, -0.25) is 0 Å². The third kappa shape index (κ3) is 2.51. The quantitative estimate of drug-likeness (QED) is 0.806. The van der Waals surface area contributed by atoms with Crippen molar-refractivity contribution in [1.29, 1.82) is 0 Å². The van der Waals surface area contributed by atoms with Crippen LogP contribution in [0.2, 0.25) is 0 Å². The van der Waals surface area contributed by atoms with E-state index < -0.39 is 0 Å². The molecule has 0 bridgehead atoms. The fourth-order valence-electron chi connectivity index (χ4n) is 2.30. The van der Waals surface area contributed by atoms with Crippen LogP contribution in [0.15, 0.2) is 24.3 Å². The van der Waals surface area contributed by atoms with Crippen LogP contribution in [0.3, 0.4) is 0 Å². The Morgan fingerprint density at radius 3 is 2.60 bits per heavy atom. The first-order valence-corrected chi connectivity index (χ1v) is 5.61. The molecule has 15 heavy (non-hydrogen) atoms. The molecule has 2 heteroatoms. The van der Waals surface area contributed by atoms with Crippen molar-refractivity contribution in [2.75, 3.05) is 7.11 Å². The average Bonchev–Trinajstić information content (AvgIpc) is 2.30. The minimum absolute atomic E-state index is 0.0770. The van der Waals surface area contributed by atoms with E-state index in [2.05, 4.69) is 12.1 Å². The fraction of sp³-hybridized carbons (Fsp3) is 0.538. The van der Waals surface area contributed by atoms with Gasteiger partial charge in [-0.05, 0) is 49.3 Å². The molecule has 0 heterocycles. The van der Waals surface area contributed by atoms with E-state index in [1.807, 2.05) is 12.1 Å². The highest BCUT2D eigenvalue weighted by Crippen LogP contribution is 2.33. The molecule has 0 saturated heterocycles. The lowest BCUT2D eigenvalue weighted by atomic mass is 9.83. The summed E-state index contributed by atoms with van der Waals surface area (Å²) in [6.07, 6.45) is 3.97. The van der Waals surface area contributed by atoms with Crippen molar-refractivity contribution < 1.29 is 9.84 Å². The molecule has 0 aliphatic heterocycles. The highest BCUT2D eigenvalue weighted by atomic mass is 16.5. The van der Waals surface area contributed by atoms with Crippen LogP contribution in [0.4, 0.5) is 0 Å². The van der Waals surface area contributed by atoms with Gasteiger partial charge in [-0.15, -0.1) is 0 Å². The third-order valence-electron chi connectivity index (χ3n) is 3.26. The zero-order chi connectivity index (χ0) is 10.7. The number of hydrogen-bond acceptors (Lipinski definition) is 2. The third-order valence-corrected chi connectivity index (χ3v) is 3.26. The Hall–Kier alpha value is -1.02. The molecular weight excluding hydrogens is 188 g/mol. The topological polar surface area (TPSA) is 29.5 Å². The molecule has 0 amide bonds. The van der Waals surface area contributed by atoms with E-state index in [9.17, 15) is 5.11 Å². The minimum Gasteiger partial charge on any atom is -0.497 e. The summed E-state index contributed by atoms with van der Waals surface area (Å²) in [6.45, 7) is 0. The standard InChI is InChI=1S/C13H18O2/c1-15-13-4-2-3-11(9-13)10-5-7-12(14)8-6-10/h2-4,9-10,12,14H,5-8H2,1H3. The van der Waals surface area contributed by atoms with Crippen LogP contribution in [0.25, 0.3) is 0 Å². The number of methoxy groups -OCH3 is 1. The Morgan fingerprint density at radius 2 is 1.93 bits per heavy atom. The van der Waals surface area contributed by atoms with E-state index in [1.165, 1.54) is 5.56 Å². The lowest BCUT2D eigenvalue weighted by Crippen LogP contribution is -2.16. The van der Waals surface area contributed by atoms with Gasteiger partial charge in [0, 0.05) is 0 Å². The van der Waals surface area contributed by atoms with E-state index in [-0.39, 0.29) is 6.10 Å². The summed E-state index contributed by atoms with van der Waals surface area (Å²) >= 11 is 0. The first-order chi connectivity index (χ1) is 7.29. The summed E-state index contributed by atoms with van der Waals surface area (Å²) in [7, 11) is 1.70. The fourth-order valence-corrected chi connectivity index (χ4v) is 2.30. The van der Waals surface area contributed by atoms with E-state index >= 15 is 0 Å². The normalized spacial score (nSPS) is 26.3. The van der Waals surface area contributed by atoms with E-state index in [1.54, 1.807) is 7.11 Å². The Bertz CT molecular complexity index is 314. The number of ether oxygens (including phenoxy) is 1. The Balaban J connectivity index is 2.08. The van der Waals surface area contributed by atoms with Crippen molar-refractivity contribution in [3.8, 4) is 5.75 Å². The molecule has 1 aromatic carbocycles.